The minimum absolute atomic E-state index is 0.660. The fourth-order valence-electron chi connectivity index (χ4n) is 2.64. The molecular weight excluding hydrogens is 172 g/mol. The Hall–Kier alpha value is -0.790. The van der Waals surface area contributed by atoms with Crippen LogP contribution in [0.25, 0.3) is 0 Å². The highest BCUT2D eigenvalue weighted by Crippen LogP contribution is 2.32. The van der Waals surface area contributed by atoms with Crippen molar-refractivity contribution >= 4 is 0 Å². The van der Waals surface area contributed by atoms with Crippen molar-refractivity contribution in [2.75, 3.05) is 0 Å². The van der Waals surface area contributed by atoms with Gasteiger partial charge in [-0.1, -0.05) is 19.8 Å². The molecule has 0 amide bonds. The minimum Gasteiger partial charge on any atom is -0.267 e. The SMILES string of the molecule is Cc1cc(C)n(C2CCCC(C)C2)n1. The molecule has 2 unspecified atom stereocenters. The monoisotopic (exact) mass is 192 g/mol. The molecule has 1 aromatic rings. The molecule has 78 valence electrons. The molecule has 14 heavy (non-hydrogen) atoms. The summed E-state index contributed by atoms with van der Waals surface area (Å²) in [6.07, 6.45) is 5.38. The maximum absolute atomic E-state index is 4.58. The second kappa shape index (κ2) is 3.76. The van der Waals surface area contributed by atoms with E-state index in [0.29, 0.717) is 6.04 Å². The molecular formula is C12H20N2. The molecule has 0 aliphatic heterocycles. The smallest absolute Gasteiger partial charge is 0.0596 e. The molecule has 0 bridgehead atoms. The Labute approximate surface area is 86.3 Å². The highest BCUT2D eigenvalue weighted by molar-refractivity contribution is 5.07. The first-order valence-electron chi connectivity index (χ1n) is 5.69. The number of hydrogen-bond donors (Lipinski definition) is 0. The van der Waals surface area contributed by atoms with E-state index >= 15 is 0 Å². The largest absolute Gasteiger partial charge is 0.267 e. The van der Waals surface area contributed by atoms with E-state index in [-0.39, 0.29) is 0 Å². The summed E-state index contributed by atoms with van der Waals surface area (Å²) in [5, 5.41) is 4.58. The predicted molar refractivity (Wildman–Crippen MR) is 58.4 cm³/mol. The van der Waals surface area contributed by atoms with Gasteiger partial charge in [-0.15, -0.1) is 0 Å². The van der Waals surface area contributed by atoms with Gasteiger partial charge >= 0.3 is 0 Å². The third-order valence-electron chi connectivity index (χ3n) is 3.30. The molecule has 1 saturated carbocycles. The van der Waals surface area contributed by atoms with Crippen molar-refractivity contribution in [1.29, 1.82) is 0 Å². The number of rotatable bonds is 1. The average molecular weight is 192 g/mol. The van der Waals surface area contributed by atoms with Crippen LogP contribution in [0.3, 0.4) is 0 Å². The van der Waals surface area contributed by atoms with Crippen LogP contribution in [0.2, 0.25) is 0 Å². The third-order valence-corrected chi connectivity index (χ3v) is 3.30. The van der Waals surface area contributed by atoms with E-state index in [1.807, 2.05) is 0 Å². The predicted octanol–water partition coefficient (Wildman–Crippen LogP) is 3.25. The van der Waals surface area contributed by atoms with E-state index in [2.05, 4.69) is 36.6 Å². The van der Waals surface area contributed by atoms with Gasteiger partial charge < -0.3 is 0 Å². The Morgan fingerprint density at radius 3 is 2.71 bits per heavy atom. The molecule has 2 nitrogen and oxygen atoms in total. The number of nitrogens with zero attached hydrogens (tertiary/aromatic N) is 2. The molecule has 2 heteroatoms. The minimum atomic E-state index is 0.660. The topological polar surface area (TPSA) is 17.8 Å². The average Bonchev–Trinajstić information content (AvgIpc) is 2.45. The third kappa shape index (κ3) is 1.84. The fraction of sp³-hybridized carbons (Fsp3) is 0.750. The van der Waals surface area contributed by atoms with Gasteiger partial charge in [-0.2, -0.15) is 5.10 Å². The van der Waals surface area contributed by atoms with Crippen LogP contribution in [0.1, 0.15) is 50.0 Å². The second-order valence-electron chi connectivity index (χ2n) is 4.80. The van der Waals surface area contributed by atoms with Gasteiger partial charge in [0.1, 0.15) is 0 Å². The van der Waals surface area contributed by atoms with E-state index in [1.54, 1.807) is 0 Å². The number of aryl methyl sites for hydroxylation is 2. The lowest BCUT2D eigenvalue weighted by Crippen LogP contribution is -2.19. The molecule has 0 radical (unpaired) electrons. The molecule has 1 aromatic heterocycles. The molecule has 1 fully saturated rings. The molecule has 2 rings (SSSR count). The standard InChI is InChI=1S/C12H20N2/c1-9-5-4-6-12(7-9)14-11(3)8-10(2)13-14/h8-9,12H,4-7H2,1-3H3. The summed E-state index contributed by atoms with van der Waals surface area (Å²) < 4.78 is 2.24. The van der Waals surface area contributed by atoms with Gasteiger partial charge in [0, 0.05) is 5.69 Å². The fourth-order valence-corrected chi connectivity index (χ4v) is 2.64. The van der Waals surface area contributed by atoms with Crippen LogP contribution in [0.4, 0.5) is 0 Å². The summed E-state index contributed by atoms with van der Waals surface area (Å²) in [6, 6.07) is 2.84. The van der Waals surface area contributed by atoms with Gasteiger partial charge in [0.2, 0.25) is 0 Å². The van der Waals surface area contributed by atoms with Crippen molar-refractivity contribution in [1.82, 2.24) is 9.78 Å². The van der Waals surface area contributed by atoms with Gasteiger partial charge in [0.25, 0.3) is 0 Å². The van der Waals surface area contributed by atoms with Crippen molar-refractivity contribution in [2.45, 2.75) is 52.5 Å². The van der Waals surface area contributed by atoms with E-state index in [1.165, 1.54) is 31.4 Å². The zero-order valence-electron chi connectivity index (χ0n) is 9.45. The lowest BCUT2D eigenvalue weighted by molar-refractivity contribution is 0.263. The van der Waals surface area contributed by atoms with Crippen LogP contribution >= 0.6 is 0 Å². The van der Waals surface area contributed by atoms with Crippen molar-refractivity contribution in [3.8, 4) is 0 Å². The lowest BCUT2D eigenvalue weighted by atomic mass is 9.87. The van der Waals surface area contributed by atoms with Crippen molar-refractivity contribution in [3.63, 3.8) is 0 Å². The zero-order chi connectivity index (χ0) is 10.1. The van der Waals surface area contributed by atoms with Crippen LogP contribution in [-0.2, 0) is 0 Å². The van der Waals surface area contributed by atoms with Gasteiger partial charge in [-0.25, -0.2) is 0 Å². The quantitative estimate of drug-likeness (QED) is 0.668. The van der Waals surface area contributed by atoms with Crippen molar-refractivity contribution in [3.05, 3.63) is 17.5 Å². The molecule has 1 aliphatic rings. The molecule has 0 N–H and O–H groups in total. The Morgan fingerprint density at radius 1 is 1.36 bits per heavy atom. The normalized spacial score (nSPS) is 27.9. The summed E-state index contributed by atoms with van der Waals surface area (Å²) >= 11 is 0. The van der Waals surface area contributed by atoms with E-state index < -0.39 is 0 Å². The lowest BCUT2D eigenvalue weighted by Gasteiger charge is -2.27. The van der Waals surface area contributed by atoms with Gasteiger partial charge in [-0.3, -0.25) is 4.68 Å². The summed E-state index contributed by atoms with van der Waals surface area (Å²) in [4.78, 5) is 0. The second-order valence-corrected chi connectivity index (χ2v) is 4.80. The van der Waals surface area contributed by atoms with Crippen LogP contribution in [0, 0.1) is 19.8 Å². The Balaban J connectivity index is 2.17. The van der Waals surface area contributed by atoms with Gasteiger partial charge in [0.15, 0.2) is 0 Å². The number of aromatic nitrogens is 2. The maximum Gasteiger partial charge on any atom is 0.0596 e. The zero-order valence-corrected chi connectivity index (χ0v) is 9.45. The van der Waals surface area contributed by atoms with Crippen molar-refractivity contribution in [2.24, 2.45) is 5.92 Å². The van der Waals surface area contributed by atoms with Gasteiger partial charge in [-0.05, 0) is 38.7 Å². The first kappa shape index (κ1) is 9.75. The Kier molecular flexibility index (Phi) is 2.62. The molecule has 2 atom stereocenters. The highest BCUT2D eigenvalue weighted by Gasteiger charge is 2.21. The molecule has 1 heterocycles. The van der Waals surface area contributed by atoms with Crippen LogP contribution < -0.4 is 0 Å². The van der Waals surface area contributed by atoms with Crippen molar-refractivity contribution < 1.29 is 0 Å². The molecule has 0 aromatic carbocycles. The first-order chi connectivity index (χ1) is 6.66. The Bertz CT molecular complexity index is 314. The van der Waals surface area contributed by atoms with E-state index in [4.69, 9.17) is 0 Å². The molecule has 0 saturated heterocycles. The first-order valence-corrected chi connectivity index (χ1v) is 5.69. The maximum atomic E-state index is 4.58. The van der Waals surface area contributed by atoms with Crippen LogP contribution in [-0.4, -0.2) is 9.78 Å². The number of hydrogen-bond acceptors (Lipinski definition) is 1. The summed E-state index contributed by atoms with van der Waals surface area (Å²) in [6.45, 7) is 6.60. The summed E-state index contributed by atoms with van der Waals surface area (Å²) in [5.41, 5.74) is 2.47. The van der Waals surface area contributed by atoms with Gasteiger partial charge in [0.05, 0.1) is 11.7 Å². The van der Waals surface area contributed by atoms with Crippen LogP contribution in [0.5, 0.6) is 0 Å². The highest BCUT2D eigenvalue weighted by atomic mass is 15.3. The molecule has 1 aliphatic carbocycles. The molecule has 0 spiro atoms. The van der Waals surface area contributed by atoms with E-state index in [0.717, 1.165) is 11.6 Å². The van der Waals surface area contributed by atoms with E-state index in [9.17, 15) is 0 Å². The van der Waals surface area contributed by atoms with Crippen LogP contribution in [0.15, 0.2) is 6.07 Å². The Morgan fingerprint density at radius 2 is 2.14 bits per heavy atom. The summed E-state index contributed by atoms with van der Waals surface area (Å²) in [7, 11) is 0. The summed E-state index contributed by atoms with van der Waals surface area (Å²) in [5.74, 6) is 0.873.